The average molecular weight is 397 g/mol. The van der Waals surface area contributed by atoms with Crippen LogP contribution in [0.4, 0.5) is 5.69 Å². The summed E-state index contributed by atoms with van der Waals surface area (Å²) in [5, 5.41) is 0.301. The van der Waals surface area contributed by atoms with Gasteiger partial charge in [-0.05, 0) is 54.0 Å². The summed E-state index contributed by atoms with van der Waals surface area (Å²) in [4.78, 5) is 2.32. The molecule has 0 spiro atoms. The number of nitrogens with one attached hydrogen (secondary N) is 1. The van der Waals surface area contributed by atoms with Crippen molar-refractivity contribution < 1.29 is 8.42 Å². The number of nitrogen functional groups attached to an aromatic ring is 1. The summed E-state index contributed by atoms with van der Waals surface area (Å²) in [5.74, 6) is 0. The minimum atomic E-state index is -3.66. The van der Waals surface area contributed by atoms with Gasteiger partial charge in [0.15, 0.2) is 0 Å². The lowest BCUT2D eigenvalue weighted by Crippen LogP contribution is -2.47. The van der Waals surface area contributed by atoms with Crippen LogP contribution in [0.5, 0.6) is 0 Å². The van der Waals surface area contributed by atoms with Gasteiger partial charge in [-0.1, -0.05) is 18.5 Å². The van der Waals surface area contributed by atoms with E-state index in [0.29, 0.717) is 15.2 Å². The van der Waals surface area contributed by atoms with E-state index >= 15 is 0 Å². The Labute approximate surface area is 139 Å². The quantitative estimate of drug-likeness (QED) is 0.767. The SMILES string of the molecule is CCN1CCCC(NS(=O)(=O)c2cc(Cl)cc(N)c2Br)C1. The molecule has 1 aliphatic rings. The molecular weight excluding hydrogens is 378 g/mol. The lowest BCUT2D eigenvalue weighted by molar-refractivity contribution is 0.211. The normalized spacial score (nSPS) is 20.6. The molecule has 1 aliphatic heterocycles. The number of piperidine rings is 1. The molecular formula is C13H19BrClN3O2S. The Balaban J connectivity index is 2.23. The average Bonchev–Trinajstić information content (AvgIpc) is 2.42. The maximum Gasteiger partial charge on any atom is 0.242 e. The molecule has 1 fully saturated rings. The smallest absolute Gasteiger partial charge is 0.242 e. The maximum absolute atomic E-state index is 12.5. The first-order chi connectivity index (χ1) is 9.83. The highest BCUT2D eigenvalue weighted by atomic mass is 79.9. The molecule has 0 bridgehead atoms. The Morgan fingerprint density at radius 3 is 2.90 bits per heavy atom. The Morgan fingerprint density at radius 1 is 1.52 bits per heavy atom. The minimum absolute atomic E-state index is 0.0844. The molecule has 1 heterocycles. The molecule has 1 atom stereocenters. The standard InChI is InChI=1S/C13H19BrClN3O2S/c1-2-18-5-3-4-10(8-18)17-21(19,20)12-7-9(15)6-11(16)13(12)14/h6-7,10,17H,2-5,8,16H2,1H3. The van der Waals surface area contributed by atoms with Gasteiger partial charge in [-0.25, -0.2) is 13.1 Å². The van der Waals surface area contributed by atoms with Gasteiger partial charge in [0, 0.05) is 23.3 Å². The molecule has 21 heavy (non-hydrogen) atoms. The number of rotatable bonds is 4. The molecule has 0 saturated carbocycles. The van der Waals surface area contributed by atoms with E-state index in [0.717, 1.165) is 32.5 Å². The number of anilines is 1. The summed E-state index contributed by atoms with van der Waals surface area (Å²) in [6, 6.07) is 2.84. The van der Waals surface area contributed by atoms with Gasteiger partial charge in [0.25, 0.3) is 0 Å². The Morgan fingerprint density at radius 2 is 2.24 bits per heavy atom. The number of benzene rings is 1. The lowest BCUT2D eigenvalue weighted by atomic mass is 10.1. The Kier molecular flexibility index (Phi) is 5.54. The molecule has 1 saturated heterocycles. The number of hydrogen-bond donors (Lipinski definition) is 2. The van der Waals surface area contributed by atoms with Crippen LogP contribution in [0.3, 0.4) is 0 Å². The summed E-state index contributed by atoms with van der Waals surface area (Å²) in [6.45, 7) is 4.74. The number of sulfonamides is 1. The predicted molar refractivity (Wildman–Crippen MR) is 89.0 cm³/mol. The molecule has 1 unspecified atom stereocenters. The molecule has 1 aromatic carbocycles. The predicted octanol–water partition coefficient (Wildman–Crippen LogP) is 2.45. The van der Waals surface area contributed by atoms with E-state index in [2.05, 4.69) is 32.5 Å². The zero-order valence-electron chi connectivity index (χ0n) is 11.8. The summed E-state index contributed by atoms with van der Waals surface area (Å²) >= 11 is 9.14. The Bertz CT molecular complexity index is 624. The third kappa shape index (κ3) is 4.10. The van der Waals surface area contributed by atoms with Gasteiger partial charge in [0.05, 0.1) is 9.37 Å². The van der Waals surface area contributed by atoms with Gasteiger partial charge in [-0.15, -0.1) is 0 Å². The molecule has 0 aromatic heterocycles. The van der Waals surface area contributed by atoms with Gasteiger partial charge in [-0.2, -0.15) is 0 Å². The van der Waals surface area contributed by atoms with Crippen molar-refractivity contribution >= 4 is 43.2 Å². The third-order valence-corrected chi connectivity index (χ3v) is 6.51. The second-order valence-electron chi connectivity index (χ2n) is 5.16. The summed E-state index contributed by atoms with van der Waals surface area (Å²) in [5.41, 5.74) is 6.07. The van der Waals surface area contributed by atoms with Crippen molar-refractivity contribution in [3.63, 3.8) is 0 Å². The van der Waals surface area contributed by atoms with E-state index in [4.69, 9.17) is 17.3 Å². The second-order valence-corrected chi connectivity index (χ2v) is 8.07. The molecule has 5 nitrogen and oxygen atoms in total. The van der Waals surface area contributed by atoms with Crippen LogP contribution < -0.4 is 10.5 Å². The van der Waals surface area contributed by atoms with Gasteiger partial charge in [-0.3, -0.25) is 0 Å². The molecule has 0 aliphatic carbocycles. The number of likely N-dealkylation sites (tertiary alicyclic amines) is 1. The fraction of sp³-hybridized carbons (Fsp3) is 0.538. The van der Waals surface area contributed by atoms with Crippen molar-refractivity contribution in [1.29, 1.82) is 0 Å². The van der Waals surface area contributed by atoms with Crippen LogP contribution in [0.25, 0.3) is 0 Å². The van der Waals surface area contributed by atoms with E-state index in [1.807, 2.05) is 0 Å². The third-order valence-electron chi connectivity index (χ3n) is 3.60. The Hall–Kier alpha value is -0.340. The largest absolute Gasteiger partial charge is 0.398 e. The van der Waals surface area contributed by atoms with Crippen molar-refractivity contribution in [2.75, 3.05) is 25.4 Å². The lowest BCUT2D eigenvalue weighted by Gasteiger charge is -2.32. The molecule has 8 heteroatoms. The van der Waals surface area contributed by atoms with Crippen LogP contribution >= 0.6 is 27.5 Å². The van der Waals surface area contributed by atoms with Gasteiger partial charge in [0.2, 0.25) is 10.0 Å². The zero-order chi connectivity index (χ0) is 15.6. The van der Waals surface area contributed by atoms with Crippen molar-refractivity contribution in [2.45, 2.75) is 30.7 Å². The fourth-order valence-corrected chi connectivity index (χ4v) is 5.06. The first-order valence-corrected chi connectivity index (χ1v) is 9.48. The fourth-order valence-electron chi connectivity index (χ4n) is 2.50. The van der Waals surface area contributed by atoms with Gasteiger partial charge >= 0.3 is 0 Å². The summed E-state index contributed by atoms with van der Waals surface area (Å²) in [6.07, 6.45) is 1.82. The van der Waals surface area contributed by atoms with Gasteiger partial charge in [0.1, 0.15) is 0 Å². The molecule has 2 rings (SSSR count). The molecule has 3 N–H and O–H groups in total. The van der Waals surface area contributed by atoms with Crippen LogP contribution in [-0.4, -0.2) is 39.0 Å². The molecule has 118 valence electrons. The zero-order valence-corrected chi connectivity index (χ0v) is 14.9. The number of nitrogens with zero attached hydrogens (tertiary/aromatic N) is 1. The van der Waals surface area contributed by atoms with Crippen LogP contribution in [0.15, 0.2) is 21.5 Å². The van der Waals surface area contributed by atoms with Gasteiger partial charge < -0.3 is 10.6 Å². The molecule has 0 radical (unpaired) electrons. The summed E-state index contributed by atoms with van der Waals surface area (Å²) < 4.78 is 28.2. The molecule has 1 aromatic rings. The van der Waals surface area contributed by atoms with Crippen molar-refractivity contribution in [2.24, 2.45) is 0 Å². The number of likely N-dealkylation sites (N-methyl/N-ethyl adjacent to an activating group) is 1. The van der Waals surface area contributed by atoms with Crippen molar-refractivity contribution in [3.05, 3.63) is 21.6 Å². The number of halogens is 2. The van der Waals surface area contributed by atoms with Crippen LogP contribution in [0.1, 0.15) is 19.8 Å². The highest BCUT2D eigenvalue weighted by Crippen LogP contribution is 2.31. The van der Waals surface area contributed by atoms with Crippen LogP contribution in [-0.2, 0) is 10.0 Å². The van der Waals surface area contributed by atoms with Crippen molar-refractivity contribution in [1.82, 2.24) is 9.62 Å². The minimum Gasteiger partial charge on any atom is -0.398 e. The van der Waals surface area contributed by atoms with E-state index < -0.39 is 10.0 Å². The first-order valence-electron chi connectivity index (χ1n) is 6.82. The molecule has 0 amide bonds. The van der Waals surface area contributed by atoms with Crippen LogP contribution in [0, 0.1) is 0 Å². The first kappa shape index (κ1) is 17.0. The van der Waals surface area contributed by atoms with E-state index in [1.54, 1.807) is 0 Å². The topological polar surface area (TPSA) is 75.4 Å². The number of nitrogens with two attached hydrogens (primary N) is 1. The monoisotopic (exact) mass is 395 g/mol. The highest BCUT2D eigenvalue weighted by molar-refractivity contribution is 9.10. The van der Waals surface area contributed by atoms with E-state index in [-0.39, 0.29) is 10.9 Å². The highest BCUT2D eigenvalue weighted by Gasteiger charge is 2.26. The van der Waals surface area contributed by atoms with Crippen LogP contribution in [0.2, 0.25) is 5.02 Å². The number of hydrogen-bond acceptors (Lipinski definition) is 4. The second kappa shape index (κ2) is 6.83. The van der Waals surface area contributed by atoms with E-state index in [1.165, 1.54) is 12.1 Å². The van der Waals surface area contributed by atoms with Crippen molar-refractivity contribution in [3.8, 4) is 0 Å². The summed E-state index contributed by atoms with van der Waals surface area (Å²) in [7, 11) is -3.66. The maximum atomic E-state index is 12.5. The van der Waals surface area contributed by atoms with E-state index in [9.17, 15) is 8.42 Å².